The van der Waals surface area contributed by atoms with Crippen LogP contribution in [-0.4, -0.2) is 95.8 Å². The van der Waals surface area contributed by atoms with E-state index in [2.05, 4.69) is 77.5 Å². The molecule has 0 amide bonds. The predicted octanol–water partition coefficient (Wildman–Crippen LogP) is 7.83. The van der Waals surface area contributed by atoms with Crippen molar-refractivity contribution >= 4 is 68.1 Å². The van der Waals surface area contributed by atoms with Crippen molar-refractivity contribution in [2.45, 2.75) is 12.3 Å². The fourth-order valence-corrected chi connectivity index (χ4v) is 7.76. The molecule has 284 valence electrons. The molecule has 0 saturated carbocycles. The second-order valence-electron chi connectivity index (χ2n) is 15.0. The summed E-state index contributed by atoms with van der Waals surface area (Å²) in [5.41, 5.74) is 9.62. The third-order valence-electron chi connectivity index (χ3n) is 10.5. The van der Waals surface area contributed by atoms with Crippen LogP contribution < -0.4 is 19.6 Å². The quantitative estimate of drug-likeness (QED) is 0.176. The molecule has 1 aromatic heterocycles. The van der Waals surface area contributed by atoms with E-state index in [9.17, 15) is 13.2 Å². The zero-order valence-electron chi connectivity index (χ0n) is 32.2. The summed E-state index contributed by atoms with van der Waals surface area (Å²) in [7, 11) is 15.8. The number of guanidine groups is 1. The molecule has 0 N–H and O–H groups in total. The van der Waals surface area contributed by atoms with Crippen molar-refractivity contribution < 1.29 is 17.9 Å². The Balaban J connectivity index is 1.30. The molecule has 11 nitrogen and oxygen atoms in total. The van der Waals surface area contributed by atoms with E-state index in [1.807, 2.05) is 80.5 Å². The van der Waals surface area contributed by atoms with Crippen molar-refractivity contribution in [2.75, 3.05) is 76.0 Å². The lowest BCUT2D eigenvalue weighted by Gasteiger charge is -2.33. The number of aromatic nitrogens is 1. The zero-order valence-corrected chi connectivity index (χ0v) is 32.2. The number of hydrogen-bond acceptors (Lipinski definition) is 10. The van der Waals surface area contributed by atoms with Gasteiger partial charge in [0.2, 0.25) is 11.9 Å². The van der Waals surface area contributed by atoms with Crippen LogP contribution in [-0.2, 0) is 4.74 Å². The fraction of sp³-hybridized carbons (Fsp3) is 0.238. The Kier molecular flexibility index (Phi) is 7.83. The van der Waals surface area contributed by atoms with Crippen LogP contribution in [0.3, 0.4) is 0 Å². The van der Waals surface area contributed by atoms with Gasteiger partial charge in [-0.1, -0.05) is 24.3 Å². The van der Waals surface area contributed by atoms with Crippen LogP contribution in [0.15, 0.2) is 116 Å². The van der Waals surface area contributed by atoms with Crippen LogP contribution >= 0.6 is 0 Å². The maximum absolute atomic E-state index is 13.9. The lowest BCUT2D eigenvalue weighted by Crippen LogP contribution is -2.43. The minimum Gasteiger partial charge on any atom is -0.406 e. The molecule has 5 aromatic rings. The molecule has 0 saturated heterocycles. The summed E-state index contributed by atoms with van der Waals surface area (Å²) in [5, 5.41) is 1.95. The van der Waals surface area contributed by atoms with Gasteiger partial charge in [-0.25, -0.2) is 9.89 Å². The lowest BCUT2D eigenvalue weighted by atomic mass is 9.94. The smallest absolute Gasteiger partial charge is 0.406 e. The topological polar surface area (TPSA) is 79.8 Å². The van der Waals surface area contributed by atoms with Crippen molar-refractivity contribution in [1.29, 1.82) is 0 Å². The van der Waals surface area contributed by atoms with Crippen LogP contribution in [0.1, 0.15) is 17.0 Å². The zero-order chi connectivity index (χ0) is 39.4. The number of fused-ring (bicyclic) bond motifs is 6. The number of nitrogens with zero attached hydrogens (tertiary/aromatic N) is 10. The number of ether oxygens (including phenoxy) is 1. The van der Waals surface area contributed by atoms with Gasteiger partial charge in [-0.15, -0.1) is 13.2 Å². The molecule has 1 aliphatic carbocycles. The van der Waals surface area contributed by atoms with E-state index in [0.29, 0.717) is 5.84 Å². The molecule has 3 aliphatic heterocycles. The number of aliphatic imine (C=N–C) groups is 4. The monoisotopic (exact) mass is 756 g/mol. The molecular formula is C42H39F3N10O. The largest absolute Gasteiger partial charge is 0.573 e. The highest BCUT2D eigenvalue weighted by Gasteiger charge is 2.41. The van der Waals surface area contributed by atoms with Gasteiger partial charge in [0.05, 0.1) is 17.0 Å². The van der Waals surface area contributed by atoms with Crippen LogP contribution in [0, 0.1) is 0 Å². The lowest BCUT2D eigenvalue weighted by molar-refractivity contribution is -0.303. The van der Waals surface area contributed by atoms with Gasteiger partial charge in [-0.3, -0.25) is 4.57 Å². The second-order valence-corrected chi connectivity index (χ2v) is 15.0. The Morgan fingerprint density at radius 1 is 0.571 bits per heavy atom. The third-order valence-corrected chi connectivity index (χ3v) is 10.5. The second kappa shape index (κ2) is 12.5. The molecule has 4 aliphatic rings. The van der Waals surface area contributed by atoms with Crippen molar-refractivity contribution in [3.05, 3.63) is 108 Å². The maximum atomic E-state index is 13.9. The summed E-state index contributed by atoms with van der Waals surface area (Å²) in [4.78, 5) is 29.8. The van der Waals surface area contributed by atoms with Crippen molar-refractivity contribution in [3.8, 4) is 11.1 Å². The molecule has 0 atom stereocenters. The average Bonchev–Trinajstić information content (AvgIpc) is 3.64. The first kappa shape index (κ1) is 35.2. The van der Waals surface area contributed by atoms with Gasteiger partial charge >= 0.3 is 6.36 Å². The standard InChI is InChI=1S/C42H39F3N10O/c1-50(2)23-9-13-28-29-14-10-24(51(3)4)18-33(29)38(32(28)17-23)39-46-36-21-27(56-42(43,44)45)22-37-47-40(49-41(48-39)55(36)37)54-34-19-25(52(5)6)11-15-30(34)31-16-12-26(53(7)8)20-35(31)54/h9-22,38H,1-8H3. The number of rotatable bonds is 6. The molecule has 0 radical (unpaired) electrons. The molecule has 9 rings (SSSR count). The number of hydrogen-bond donors (Lipinski definition) is 0. The van der Waals surface area contributed by atoms with E-state index < -0.39 is 18.0 Å². The SMILES string of the molecule is CN(C)c1ccc2c(c1)C(C1=NC3=CC(OC(F)(F)F)=CC4=NC(n5c6cc(N(C)C)ccc6c6ccc(N(C)C)cc65)=NC(=N1)N34)c1cc(N(C)C)ccc1-2. The normalized spacial score (nSPS) is 15.9. The first-order valence-electron chi connectivity index (χ1n) is 18.1. The minimum atomic E-state index is -4.94. The molecular weight excluding hydrogens is 718 g/mol. The first-order chi connectivity index (χ1) is 26.6. The summed E-state index contributed by atoms with van der Waals surface area (Å²) in [6, 6.07) is 25.0. The molecule has 14 heteroatoms. The minimum absolute atomic E-state index is 0.146. The van der Waals surface area contributed by atoms with Crippen molar-refractivity contribution in [3.63, 3.8) is 0 Å². The number of amidine groups is 2. The van der Waals surface area contributed by atoms with Gasteiger partial charge in [0.15, 0.2) is 0 Å². The third kappa shape index (κ3) is 5.66. The molecule has 0 unspecified atom stereocenters. The Labute approximate surface area is 321 Å². The molecule has 0 fully saturated rings. The number of allylic oxidation sites excluding steroid dienone is 1. The fourth-order valence-electron chi connectivity index (χ4n) is 7.76. The van der Waals surface area contributed by atoms with Crippen molar-refractivity contribution in [2.24, 2.45) is 20.0 Å². The number of benzene rings is 4. The first-order valence-corrected chi connectivity index (χ1v) is 18.1. The number of alkyl halides is 3. The van der Waals surface area contributed by atoms with E-state index in [1.165, 1.54) is 12.2 Å². The Morgan fingerprint density at radius 2 is 1.07 bits per heavy atom. The highest BCUT2D eigenvalue weighted by Crippen LogP contribution is 2.49. The van der Waals surface area contributed by atoms with Crippen LogP contribution in [0.25, 0.3) is 32.9 Å². The van der Waals surface area contributed by atoms with E-state index in [1.54, 1.807) is 4.90 Å². The van der Waals surface area contributed by atoms with Crippen LogP contribution in [0.5, 0.6) is 0 Å². The van der Waals surface area contributed by atoms with Gasteiger partial charge in [-0.05, 0) is 70.8 Å². The van der Waals surface area contributed by atoms with E-state index in [0.717, 1.165) is 66.8 Å². The van der Waals surface area contributed by atoms with E-state index in [4.69, 9.17) is 20.0 Å². The van der Waals surface area contributed by atoms with E-state index in [-0.39, 0.29) is 23.6 Å². The highest BCUT2D eigenvalue weighted by molar-refractivity contribution is 6.25. The molecule has 56 heavy (non-hydrogen) atoms. The Bertz CT molecular complexity index is 2570. The van der Waals surface area contributed by atoms with Gasteiger partial charge in [-0.2, -0.15) is 15.0 Å². The predicted molar refractivity (Wildman–Crippen MR) is 221 cm³/mol. The van der Waals surface area contributed by atoms with Gasteiger partial charge < -0.3 is 24.3 Å². The van der Waals surface area contributed by atoms with Crippen molar-refractivity contribution in [1.82, 2.24) is 9.47 Å². The summed E-state index contributed by atoms with van der Waals surface area (Å²) in [6.45, 7) is 0. The van der Waals surface area contributed by atoms with Crippen LogP contribution in [0.4, 0.5) is 35.9 Å². The summed E-state index contributed by atoms with van der Waals surface area (Å²) in [5.74, 6) is 0.275. The summed E-state index contributed by atoms with van der Waals surface area (Å²) >= 11 is 0. The highest BCUT2D eigenvalue weighted by atomic mass is 19.4. The Hall–Kier alpha value is -6.57. The number of anilines is 4. The van der Waals surface area contributed by atoms with Gasteiger partial charge in [0, 0.05) is 102 Å². The summed E-state index contributed by atoms with van der Waals surface area (Å²) < 4.78 is 48.0. The van der Waals surface area contributed by atoms with Crippen LogP contribution in [0.2, 0.25) is 0 Å². The average molecular weight is 757 g/mol. The van der Waals surface area contributed by atoms with Gasteiger partial charge in [0.1, 0.15) is 23.3 Å². The number of halogens is 3. The van der Waals surface area contributed by atoms with E-state index >= 15 is 0 Å². The molecule has 0 bridgehead atoms. The molecule has 4 heterocycles. The molecule has 0 spiro atoms. The summed E-state index contributed by atoms with van der Waals surface area (Å²) in [6.07, 6.45) is -2.43. The van der Waals surface area contributed by atoms with Gasteiger partial charge in [0.25, 0.3) is 0 Å². The maximum Gasteiger partial charge on any atom is 0.573 e. The Morgan fingerprint density at radius 3 is 1.57 bits per heavy atom. The molecule has 4 aromatic carbocycles.